The van der Waals surface area contributed by atoms with E-state index in [-0.39, 0.29) is 0 Å². The molecule has 0 aromatic carbocycles. The molecule has 0 saturated heterocycles. The van der Waals surface area contributed by atoms with E-state index in [2.05, 4.69) is 10.9 Å². The molecule has 0 fully saturated rings. The molecule has 0 spiro atoms. The van der Waals surface area contributed by atoms with Gasteiger partial charge < -0.3 is 0 Å². The zero-order valence-corrected chi connectivity index (χ0v) is 2.68. The molecule has 0 aromatic rings. The van der Waals surface area contributed by atoms with E-state index in [0.717, 1.165) is 0 Å². The van der Waals surface area contributed by atoms with Crippen molar-refractivity contribution in [3.05, 3.63) is 18.4 Å². The van der Waals surface area contributed by atoms with E-state index >= 15 is 0 Å². The molecule has 1 rings (SSSR count). The number of rotatable bonds is 0. The maximum atomic E-state index is 3.60. The maximum Gasteiger partial charge on any atom is 0.0374 e. The first kappa shape index (κ1) is 2.43. The van der Waals surface area contributed by atoms with Gasteiger partial charge in [0.25, 0.3) is 0 Å². The molecule has 0 amide bonds. The summed E-state index contributed by atoms with van der Waals surface area (Å²) in [6.07, 6.45) is 5.29. The fourth-order valence-electron chi connectivity index (χ4n) is 0.215. The number of allylic oxidation sites excluding steroid dienone is 2. The maximum absolute atomic E-state index is 3.60. The number of hydrogen-bond acceptors (Lipinski definition) is 1. The van der Waals surface area contributed by atoms with Gasteiger partial charge in [0.15, 0.2) is 0 Å². The predicted molar refractivity (Wildman–Crippen MR) is 21.1 cm³/mol. The third-order valence-electron chi connectivity index (χ3n) is 0.406. The topological polar surface area (TPSA) is 12.4 Å². The van der Waals surface area contributed by atoms with Crippen molar-refractivity contribution in [2.24, 2.45) is 4.99 Å². The van der Waals surface area contributed by atoms with Crippen molar-refractivity contribution in [3.63, 3.8) is 0 Å². The summed E-state index contributed by atoms with van der Waals surface area (Å²) in [6, 6.07) is 0. The zero-order chi connectivity index (χ0) is 3.54. The Labute approximate surface area is 30.3 Å². The molecular weight excluding hydrogens is 62.1 g/mol. The van der Waals surface area contributed by atoms with Crippen molar-refractivity contribution in [3.8, 4) is 0 Å². The Morgan fingerprint density at radius 2 is 2.60 bits per heavy atom. The Morgan fingerprint density at radius 1 is 1.60 bits per heavy atom. The van der Waals surface area contributed by atoms with Crippen molar-refractivity contribution in [1.29, 1.82) is 0 Å². The van der Waals surface area contributed by atoms with Crippen LogP contribution in [0.25, 0.3) is 0 Å². The van der Waals surface area contributed by atoms with Gasteiger partial charge in [0.05, 0.1) is 0 Å². The lowest BCUT2D eigenvalue weighted by molar-refractivity contribution is 1.65. The molecule has 0 aromatic heterocycles. The normalized spacial score (nSPS) is 14.4. The van der Waals surface area contributed by atoms with Gasteiger partial charge in [0.2, 0.25) is 0 Å². The van der Waals surface area contributed by atoms with Crippen LogP contribution in [-0.2, 0) is 0 Å². The van der Waals surface area contributed by atoms with Crippen LogP contribution in [-0.4, -0.2) is 5.87 Å². The Hall–Kier alpha value is -0.810. The summed E-state index contributed by atoms with van der Waals surface area (Å²) in [6.45, 7) is 0. The molecule has 0 radical (unpaired) electrons. The molecule has 0 bridgehead atoms. The van der Waals surface area contributed by atoms with E-state index in [9.17, 15) is 0 Å². The van der Waals surface area contributed by atoms with Crippen molar-refractivity contribution in [2.75, 3.05) is 0 Å². The van der Waals surface area contributed by atoms with Crippen LogP contribution in [0.2, 0.25) is 0 Å². The van der Waals surface area contributed by atoms with Gasteiger partial charge in [-0.15, -0.1) is 0 Å². The van der Waals surface area contributed by atoms with Crippen molar-refractivity contribution < 1.29 is 0 Å². The average Bonchev–Trinajstić information content (AvgIpc) is 1.76. The number of nitrogens with zero attached hydrogens (tertiary/aromatic N) is 1. The second-order valence-corrected chi connectivity index (χ2v) is 0.766. The second-order valence-electron chi connectivity index (χ2n) is 0.766. The molecular formula is C4H3N. The van der Waals surface area contributed by atoms with Crippen molar-refractivity contribution in [2.45, 2.75) is 0 Å². The summed E-state index contributed by atoms with van der Waals surface area (Å²) in [5, 5.41) is 0. The fraction of sp³-hybridized carbons (Fsp3) is 0. The Kier molecular flexibility index (Phi) is 0.423. The molecule has 5 heavy (non-hydrogen) atoms. The van der Waals surface area contributed by atoms with Gasteiger partial charge in [-0.3, -0.25) is 0 Å². The van der Waals surface area contributed by atoms with Gasteiger partial charge >= 0.3 is 0 Å². The van der Waals surface area contributed by atoms with Gasteiger partial charge in [-0.25, -0.2) is 4.99 Å². The van der Waals surface area contributed by atoms with Crippen LogP contribution in [0.4, 0.5) is 0 Å². The van der Waals surface area contributed by atoms with E-state index in [1.165, 1.54) is 0 Å². The highest BCUT2D eigenvalue weighted by molar-refractivity contribution is 5.58. The van der Waals surface area contributed by atoms with Gasteiger partial charge in [0, 0.05) is 12.3 Å². The van der Waals surface area contributed by atoms with E-state index < -0.39 is 0 Å². The predicted octanol–water partition coefficient (Wildman–Crippen LogP) is 0.740. The third kappa shape index (κ3) is 0.257. The summed E-state index contributed by atoms with van der Waals surface area (Å²) in [5.74, 6) is 2.61. The largest absolute Gasteiger partial charge is 0.214 e. The molecule has 1 aliphatic heterocycles. The van der Waals surface area contributed by atoms with Crippen LogP contribution in [0, 0.1) is 0 Å². The highest BCUT2D eigenvalue weighted by Gasteiger charge is 1.62. The van der Waals surface area contributed by atoms with Crippen LogP contribution >= 0.6 is 0 Å². The minimum Gasteiger partial charge on any atom is -0.214 e. The number of aliphatic imine (C=N–C) groups is 1. The molecule has 0 aliphatic carbocycles. The zero-order valence-electron chi connectivity index (χ0n) is 2.68. The molecule has 0 saturated carbocycles. The smallest absolute Gasteiger partial charge is 0.0374 e. The third-order valence-corrected chi connectivity index (χ3v) is 0.406. The average molecular weight is 65.1 g/mol. The Balaban J connectivity index is 2.98. The van der Waals surface area contributed by atoms with Crippen LogP contribution in [0.1, 0.15) is 0 Å². The minimum atomic E-state index is 1.69. The van der Waals surface area contributed by atoms with Crippen LogP contribution in [0.3, 0.4) is 0 Å². The van der Waals surface area contributed by atoms with E-state index in [0.29, 0.717) is 0 Å². The van der Waals surface area contributed by atoms with Gasteiger partial charge in [-0.05, 0) is 11.9 Å². The van der Waals surface area contributed by atoms with E-state index in [1.807, 2.05) is 6.08 Å². The quantitative estimate of drug-likeness (QED) is 0.394. The highest BCUT2D eigenvalue weighted by Crippen LogP contribution is 1.77. The lowest BCUT2D eigenvalue weighted by Gasteiger charge is -1.46. The fourth-order valence-corrected chi connectivity index (χ4v) is 0.215. The lowest BCUT2D eigenvalue weighted by Crippen LogP contribution is -1.29. The molecule has 1 aliphatic rings. The number of hydrogen-bond donors (Lipinski definition) is 0. The Morgan fingerprint density at radius 3 is 2.80 bits per heavy atom. The second kappa shape index (κ2) is 0.871. The van der Waals surface area contributed by atoms with Gasteiger partial charge in [-0.2, -0.15) is 0 Å². The van der Waals surface area contributed by atoms with Gasteiger partial charge in [0.1, 0.15) is 0 Å². The monoisotopic (exact) mass is 65.0 g/mol. The lowest BCUT2D eigenvalue weighted by atomic mass is 10.6. The van der Waals surface area contributed by atoms with Crippen LogP contribution < -0.4 is 0 Å². The highest BCUT2D eigenvalue weighted by atomic mass is 14.6. The molecule has 0 atom stereocenters. The summed E-state index contributed by atoms with van der Waals surface area (Å²) in [4.78, 5) is 3.60. The molecule has 1 heterocycles. The van der Waals surface area contributed by atoms with Crippen LogP contribution in [0.5, 0.6) is 0 Å². The summed E-state index contributed by atoms with van der Waals surface area (Å²) in [5.41, 5.74) is 0. The Bertz CT molecular complexity index is 94.8. The van der Waals surface area contributed by atoms with E-state index in [4.69, 9.17) is 0 Å². The van der Waals surface area contributed by atoms with Crippen molar-refractivity contribution in [1.82, 2.24) is 0 Å². The minimum absolute atomic E-state index is 1.69. The molecule has 24 valence electrons. The van der Waals surface area contributed by atoms with Crippen molar-refractivity contribution >= 4 is 5.87 Å². The standard InChI is InChI=1S/C4H3N/c1-2-4-5-3-1/h1-3H. The molecule has 0 N–H and O–H groups in total. The molecule has 1 heteroatoms. The first-order chi connectivity index (χ1) is 2.50. The summed E-state index contributed by atoms with van der Waals surface area (Å²) >= 11 is 0. The summed E-state index contributed by atoms with van der Waals surface area (Å²) in [7, 11) is 0. The first-order valence-electron chi connectivity index (χ1n) is 1.44. The SMILES string of the molecule is C1=CC=CN=1. The molecule has 1 nitrogen and oxygen atoms in total. The summed E-state index contributed by atoms with van der Waals surface area (Å²) < 4.78 is 0. The van der Waals surface area contributed by atoms with E-state index in [1.54, 1.807) is 12.3 Å². The van der Waals surface area contributed by atoms with Gasteiger partial charge in [-0.1, -0.05) is 0 Å². The molecule has 0 unspecified atom stereocenters. The first-order valence-corrected chi connectivity index (χ1v) is 1.44. The van der Waals surface area contributed by atoms with Crippen LogP contribution in [0.15, 0.2) is 23.3 Å².